The van der Waals surface area contributed by atoms with Gasteiger partial charge in [-0.25, -0.2) is 0 Å². The Morgan fingerprint density at radius 1 is 1.37 bits per heavy atom. The van der Waals surface area contributed by atoms with Gasteiger partial charge < -0.3 is 9.84 Å². The fourth-order valence-electron chi connectivity index (χ4n) is 1.88. The molecule has 0 heterocycles. The van der Waals surface area contributed by atoms with Crippen LogP contribution in [0.15, 0.2) is 24.3 Å². The molecule has 2 atom stereocenters. The molecule has 2 unspecified atom stereocenters. The smallest absolute Gasteiger partial charge is 0.316 e. The van der Waals surface area contributed by atoms with Gasteiger partial charge in [-0.05, 0) is 5.92 Å². The summed E-state index contributed by atoms with van der Waals surface area (Å²) < 4.78 is 4.65. The number of methoxy groups -OCH3 is 1. The van der Waals surface area contributed by atoms with Crippen molar-refractivity contribution in [2.75, 3.05) is 7.11 Å². The third kappa shape index (κ3) is 3.29. The second kappa shape index (κ2) is 6.29. The Morgan fingerprint density at radius 3 is 2.42 bits per heavy atom. The van der Waals surface area contributed by atoms with Gasteiger partial charge >= 0.3 is 5.97 Å². The maximum absolute atomic E-state index is 11.8. The van der Waals surface area contributed by atoms with E-state index < -0.39 is 22.9 Å². The highest BCUT2D eigenvalue weighted by Crippen LogP contribution is 2.32. The normalized spacial score (nSPS) is 13.9. The third-order valence-electron chi connectivity index (χ3n) is 2.95. The van der Waals surface area contributed by atoms with Gasteiger partial charge in [0.1, 0.15) is 5.92 Å². The highest BCUT2D eigenvalue weighted by atomic mass is 16.6. The predicted octanol–water partition coefficient (Wildman–Crippen LogP) is 1.87. The molecule has 0 amide bonds. The highest BCUT2D eigenvalue weighted by Gasteiger charge is 2.35. The zero-order chi connectivity index (χ0) is 14.6. The average molecular weight is 267 g/mol. The number of carbonyl (C=O) groups excluding carboxylic acids is 1. The molecule has 104 valence electrons. The second-order valence-electron chi connectivity index (χ2n) is 4.55. The molecule has 0 aliphatic heterocycles. The van der Waals surface area contributed by atoms with E-state index in [2.05, 4.69) is 4.74 Å². The molecular formula is C13H17NO5. The quantitative estimate of drug-likeness (QED) is 0.499. The molecule has 0 radical (unpaired) electrons. The molecule has 0 saturated heterocycles. The highest BCUT2D eigenvalue weighted by molar-refractivity contribution is 5.80. The van der Waals surface area contributed by atoms with Crippen LogP contribution >= 0.6 is 0 Å². The largest absolute Gasteiger partial charge is 0.468 e. The zero-order valence-electron chi connectivity index (χ0n) is 11.1. The molecule has 0 bridgehead atoms. The number of aliphatic hydroxyl groups is 1. The summed E-state index contributed by atoms with van der Waals surface area (Å²) in [5.41, 5.74) is -0.0295. The van der Waals surface area contributed by atoms with Gasteiger partial charge in [0.2, 0.25) is 0 Å². The SMILES string of the molecule is COC(=O)C(c1ccccc1[N+](=O)[O-])C(O)C(C)C. The molecule has 1 aromatic rings. The molecule has 1 rings (SSSR count). The lowest BCUT2D eigenvalue weighted by Gasteiger charge is -2.23. The monoisotopic (exact) mass is 267 g/mol. The molecule has 0 aliphatic carbocycles. The molecule has 0 saturated carbocycles. The minimum absolute atomic E-state index is 0.167. The van der Waals surface area contributed by atoms with E-state index in [1.54, 1.807) is 19.9 Å². The summed E-state index contributed by atoms with van der Waals surface area (Å²) in [7, 11) is 1.19. The predicted molar refractivity (Wildman–Crippen MR) is 68.7 cm³/mol. The van der Waals surface area contributed by atoms with E-state index in [4.69, 9.17) is 0 Å². The number of rotatable bonds is 5. The van der Waals surface area contributed by atoms with Crippen LogP contribution in [0.1, 0.15) is 25.3 Å². The van der Waals surface area contributed by atoms with Crippen LogP contribution in [0.5, 0.6) is 0 Å². The number of para-hydroxylation sites is 1. The third-order valence-corrected chi connectivity index (χ3v) is 2.95. The Kier molecular flexibility index (Phi) is 5.00. The summed E-state index contributed by atoms with van der Waals surface area (Å²) >= 11 is 0. The fourth-order valence-corrected chi connectivity index (χ4v) is 1.88. The maximum Gasteiger partial charge on any atom is 0.316 e. The van der Waals surface area contributed by atoms with E-state index in [0.29, 0.717) is 0 Å². The Morgan fingerprint density at radius 2 is 1.95 bits per heavy atom. The van der Waals surface area contributed by atoms with Crippen LogP contribution in [0, 0.1) is 16.0 Å². The van der Waals surface area contributed by atoms with Crippen molar-refractivity contribution in [3.05, 3.63) is 39.9 Å². The first-order chi connectivity index (χ1) is 8.90. The van der Waals surface area contributed by atoms with E-state index in [0.717, 1.165) is 0 Å². The van der Waals surface area contributed by atoms with Crippen LogP contribution in [0.25, 0.3) is 0 Å². The van der Waals surface area contributed by atoms with Crippen molar-refractivity contribution in [2.45, 2.75) is 25.9 Å². The molecule has 0 aromatic heterocycles. The van der Waals surface area contributed by atoms with Crippen molar-refractivity contribution >= 4 is 11.7 Å². The van der Waals surface area contributed by atoms with E-state index in [9.17, 15) is 20.0 Å². The number of carbonyl (C=O) groups is 1. The molecule has 19 heavy (non-hydrogen) atoms. The summed E-state index contributed by atoms with van der Waals surface area (Å²) in [6, 6.07) is 5.87. The molecule has 1 N–H and O–H groups in total. The summed E-state index contributed by atoms with van der Waals surface area (Å²) in [4.78, 5) is 22.3. The lowest BCUT2D eigenvalue weighted by molar-refractivity contribution is -0.385. The van der Waals surface area contributed by atoms with E-state index in [1.807, 2.05) is 0 Å². The molecule has 0 aliphatic rings. The van der Waals surface area contributed by atoms with Gasteiger partial charge in [-0.2, -0.15) is 0 Å². The first-order valence-corrected chi connectivity index (χ1v) is 5.89. The Hall–Kier alpha value is -1.95. The van der Waals surface area contributed by atoms with Crippen molar-refractivity contribution in [1.82, 2.24) is 0 Å². The summed E-state index contributed by atoms with van der Waals surface area (Å²) in [6.07, 6.45) is -1.05. The maximum atomic E-state index is 11.8. The van der Waals surface area contributed by atoms with Crippen LogP contribution in [-0.2, 0) is 9.53 Å². The number of ether oxygens (including phenoxy) is 1. The Balaban J connectivity index is 3.33. The molecule has 0 fully saturated rings. The van der Waals surface area contributed by atoms with Gasteiger partial charge in [0.15, 0.2) is 0 Å². The number of nitrogens with zero attached hydrogens (tertiary/aromatic N) is 1. The van der Waals surface area contributed by atoms with Crippen molar-refractivity contribution < 1.29 is 19.6 Å². The van der Waals surface area contributed by atoms with Crippen molar-refractivity contribution in [2.24, 2.45) is 5.92 Å². The van der Waals surface area contributed by atoms with Crippen LogP contribution in [-0.4, -0.2) is 29.2 Å². The van der Waals surface area contributed by atoms with E-state index >= 15 is 0 Å². The molecule has 6 nitrogen and oxygen atoms in total. The number of nitro groups is 1. The van der Waals surface area contributed by atoms with Crippen molar-refractivity contribution in [3.63, 3.8) is 0 Å². The minimum Gasteiger partial charge on any atom is -0.468 e. The van der Waals surface area contributed by atoms with Gasteiger partial charge in [0.25, 0.3) is 5.69 Å². The van der Waals surface area contributed by atoms with Crippen molar-refractivity contribution in [3.8, 4) is 0 Å². The molecule has 0 spiro atoms. The molecule has 1 aromatic carbocycles. The second-order valence-corrected chi connectivity index (χ2v) is 4.55. The van der Waals surface area contributed by atoms with Gasteiger partial charge in [-0.3, -0.25) is 14.9 Å². The Labute approximate surface area is 111 Å². The lowest BCUT2D eigenvalue weighted by Crippen LogP contribution is -2.31. The molecule has 6 heteroatoms. The van der Waals surface area contributed by atoms with Crippen LogP contribution in [0.2, 0.25) is 0 Å². The van der Waals surface area contributed by atoms with Crippen LogP contribution < -0.4 is 0 Å². The van der Waals surface area contributed by atoms with E-state index in [1.165, 1.54) is 25.3 Å². The zero-order valence-corrected chi connectivity index (χ0v) is 11.1. The van der Waals surface area contributed by atoms with Gasteiger partial charge in [0, 0.05) is 11.6 Å². The number of hydrogen-bond donors (Lipinski definition) is 1. The first kappa shape index (κ1) is 15.1. The van der Waals surface area contributed by atoms with E-state index in [-0.39, 0.29) is 17.2 Å². The summed E-state index contributed by atoms with van der Waals surface area (Å²) in [5, 5.41) is 21.1. The van der Waals surface area contributed by atoms with Crippen LogP contribution in [0.3, 0.4) is 0 Å². The average Bonchev–Trinajstić information content (AvgIpc) is 2.38. The molecular weight excluding hydrogens is 250 g/mol. The van der Waals surface area contributed by atoms with Crippen LogP contribution in [0.4, 0.5) is 5.69 Å². The number of nitro benzene ring substituents is 1. The summed E-state index contributed by atoms with van der Waals surface area (Å²) in [5.74, 6) is -1.98. The first-order valence-electron chi connectivity index (χ1n) is 5.89. The number of hydrogen-bond acceptors (Lipinski definition) is 5. The minimum atomic E-state index is -1.06. The fraction of sp³-hybridized carbons (Fsp3) is 0.462. The number of aliphatic hydroxyl groups excluding tert-OH is 1. The van der Waals surface area contributed by atoms with Gasteiger partial charge in [-0.15, -0.1) is 0 Å². The Bertz CT molecular complexity index is 472. The topological polar surface area (TPSA) is 89.7 Å². The number of esters is 1. The van der Waals surface area contributed by atoms with Crippen molar-refractivity contribution in [1.29, 1.82) is 0 Å². The summed E-state index contributed by atoms with van der Waals surface area (Å²) in [6.45, 7) is 3.46. The lowest BCUT2D eigenvalue weighted by atomic mass is 9.86. The standard InChI is InChI=1S/C13H17NO5/c1-8(2)12(15)11(13(16)19-3)9-6-4-5-7-10(9)14(17)18/h4-8,11-12,15H,1-3H3. The van der Waals surface area contributed by atoms with Gasteiger partial charge in [0.05, 0.1) is 18.1 Å². The number of benzene rings is 1. The van der Waals surface area contributed by atoms with Gasteiger partial charge in [-0.1, -0.05) is 32.0 Å².